The number of ether oxygens (including phenoxy) is 1. The van der Waals surface area contributed by atoms with E-state index in [1.54, 1.807) is 12.1 Å². The molecule has 0 aliphatic heterocycles. The third-order valence-corrected chi connectivity index (χ3v) is 3.91. The molecular weight excluding hydrogens is 229 g/mol. The Morgan fingerprint density at radius 1 is 1.39 bits per heavy atom. The number of hydrogen-bond donors (Lipinski definition) is 1. The van der Waals surface area contributed by atoms with Gasteiger partial charge in [-0.2, -0.15) is 0 Å². The van der Waals surface area contributed by atoms with Crippen LogP contribution in [0.4, 0.5) is 4.39 Å². The van der Waals surface area contributed by atoms with Gasteiger partial charge >= 0.3 is 0 Å². The molecular formula is C15H22FNO. The van der Waals surface area contributed by atoms with E-state index in [-0.39, 0.29) is 11.7 Å². The van der Waals surface area contributed by atoms with Gasteiger partial charge in [0.2, 0.25) is 0 Å². The summed E-state index contributed by atoms with van der Waals surface area (Å²) in [5.41, 5.74) is 6.90. The van der Waals surface area contributed by atoms with Crippen molar-refractivity contribution >= 4 is 0 Å². The van der Waals surface area contributed by atoms with Crippen LogP contribution in [-0.2, 0) is 0 Å². The summed E-state index contributed by atoms with van der Waals surface area (Å²) in [4.78, 5) is 0. The van der Waals surface area contributed by atoms with Crippen molar-refractivity contribution in [1.82, 2.24) is 0 Å². The lowest BCUT2D eigenvalue weighted by Gasteiger charge is -2.22. The van der Waals surface area contributed by atoms with Crippen LogP contribution in [0.5, 0.6) is 5.75 Å². The van der Waals surface area contributed by atoms with E-state index in [1.807, 2.05) is 13.0 Å². The summed E-state index contributed by atoms with van der Waals surface area (Å²) in [6, 6.07) is 5.29. The molecule has 0 bridgehead atoms. The van der Waals surface area contributed by atoms with Gasteiger partial charge in [-0.1, -0.05) is 18.9 Å². The Balaban J connectivity index is 2.17. The first-order valence-electron chi connectivity index (χ1n) is 6.88. The molecule has 0 amide bonds. The number of halogens is 1. The second-order valence-corrected chi connectivity index (χ2v) is 5.01. The van der Waals surface area contributed by atoms with Crippen LogP contribution in [0.1, 0.15) is 44.1 Å². The number of hydrogen-bond acceptors (Lipinski definition) is 2. The van der Waals surface area contributed by atoms with Crippen LogP contribution < -0.4 is 10.5 Å². The van der Waals surface area contributed by atoms with Gasteiger partial charge in [0.25, 0.3) is 0 Å². The predicted molar refractivity (Wildman–Crippen MR) is 71.3 cm³/mol. The van der Waals surface area contributed by atoms with E-state index in [1.165, 1.54) is 25.7 Å². The molecule has 2 N–H and O–H groups in total. The first kappa shape index (κ1) is 13.3. The Morgan fingerprint density at radius 2 is 2.11 bits per heavy atom. The molecule has 2 nitrogen and oxygen atoms in total. The van der Waals surface area contributed by atoms with Crippen molar-refractivity contribution < 1.29 is 9.13 Å². The lowest BCUT2D eigenvalue weighted by Crippen LogP contribution is -2.20. The van der Waals surface area contributed by atoms with Crippen molar-refractivity contribution in [3.8, 4) is 5.75 Å². The fourth-order valence-corrected chi connectivity index (χ4v) is 2.98. The van der Waals surface area contributed by atoms with Crippen LogP contribution in [0.15, 0.2) is 18.2 Å². The molecule has 0 radical (unpaired) electrons. The van der Waals surface area contributed by atoms with Gasteiger partial charge in [0, 0.05) is 0 Å². The Hall–Kier alpha value is -1.09. The summed E-state index contributed by atoms with van der Waals surface area (Å²) in [6.45, 7) is 2.94. The molecule has 3 heteroatoms. The Labute approximate surface area is 108 Å². The molecule has 1 saturated carbocycles. The van der Waals surface area contributed by atoms with E-state index >= 15 is 0 Å². The van der Waals surface area contributed by atoms with Crippen molar-refractivity contribution in [3.63, 3.8) is 0 Å². The maximum absolute atomic E-state index is 13.9. The highest BCUT2D eigenvalue weighted by molar-refractivity contribution is 5.32. The molecule has 1 aliphatic carbocycles. The van der Waals surface area contributed by atoms with Gasteiger partial charge in [-0.3, -0.25) is 0 Å². The van der Waals surface area contributed by atoms with Crippen LogP contribution in [0.3, 0.4) is 0 Å². The summed E-state index contributed by atoms with van der Waals surface area (Å²) in [7, 11) is 0. The maximum Gasteiger partial charge on any atom is 0.165 e. The molecule has 0 saturated heterocycles. The molecule has 18 heavy (non-hydrogen) atoms. The summed E-state index contributed by atoms with van der Waals surface area (Å²) in [5, 5.41) is 0. The van der Waals surface area contributed by atoms with Gasteiger partial charge in [-0.05, 0) is 55.8 Å². The van der Waals surface area contributed by atoms with Crippen LogP contribution in [0.2, 0.25) is 0 Å². The molecule has 1 aromatic rings. The third-order valence-electron chi connectivity index (χ3n) is 3.91. The minimum atomic E-state index is -0.272. The Bertz CT molecular complexity index is 388. The van der Waals surface area contributed by atoms with Crippen LogP contribution in [-0.4, -0.2) is 13.2 Å². The first-order valence-corrected chi connectivity index (χ1v) is 6.88. The molecule has 1 unspecified atom stereocenters. The van der Waals surface area contributed by atoms with Gasteiger partial charge in [-0.25, -0.2) is 4.39 Å². The van der Waals surface area contributed by atoms with Crippen molar-refractivity contribution in [3.05, 3.63) is 29.6 Å². The average molecular weight is 251 g/mol. The van der Waals surface area contributed by atoms with E-state index in [2.05, 4.69) is 0 Å². The highest BCUT2D eigenvalue weighted by atomic mass is 19.1. The monoisotopic (exact) mass is 251 g/mol. The lowest BCUT2D eigenvalue weighted by atomic mass is 9.85. The molecule has 0 spiro atoms. The van der Waals surface area contributed by atoms with Gasteiger partial charge in [0.1, 0.15) is 0 Å². The van der Waals surface area contributed by atoms with Gasteiger partial charge < -0.3 is 10.5 Å². The van der Waals surface area contributed by atoms with Gasteiger partial charge in [0.05, 0.1) is 6.61 Å². The van der Waals surface area contributed by atoms with E-state index in [4.69, 9.17) is 10.5 Å². The Kier molecular flexibility index (Phi) is 4.59. The molecule has 0 heterocycles. The summed E-state index contributed by atoms with van der Waals surface area (Å²) >= 11 is 0. The molecule has 1 atom stereocenters. The zero-order valence-corrected chi connectivity index (χ0v) is 11.0. The molecule has 0 aromatic heterocycles. The number of nitrogens with two attached hydrogens (primary N) is 1. The topological polar surface area (TPSA) is 35.2 Å². The van der Waals surface area contributed by atoms with Crippen molar-refractivity contribution in [2.24, 2.45) is 11.7 Å². The minimum absolute atomic E-state index is 0.272. The van der Waals surface area contributed by atoms with E-state index < -0.39 is 0 Å². The predicted octanol–water partition coefficient (Wildman–Crippen LogP) is 3.46. The minimum Gasteiger partial charge on any atom is -0.491 e. The highest BCUT2D eigenvalue weighted by Gasteiger charge is 2.25. The largest absolute Gasteiger partial charge is 0.491 e. The fraction of sp³-hybridized carbons (Fsp3) is 0.600. The summed E-state index contributed by atoms with van der Waals surface area (Å²) in [5.74, 6) is 0.972. The standard InChI is InChI=1S/C15H22FNO/c1-2-18-15-8-7-12(9-14(15)16)13(10-17)11-5-3-4-6-11/h7-9,11,13H,2-6,10,17H2,1H3. The molecule has 1 aromatic carbocycles. The van der Waals surface area contributed by atoms with Crippen molar-refractivity contribution in [1.29, 1.82) is 0 Å². The Morgan fingerprint density at radius 3 is 2.67 bits per heavy atom. The van der Waals surface area contributed by atoms with Crippen LogP contribution >= 0.6 is 0 Å². The highest BCUT2D eigenvalue weighted by Crippen LogP contribution is 2.37. The average Bonchev–Trinajstić information content (AvgIpc) is 2.87. The lowest BCUT2D eigenvalue weighted by molar-refractivity contribution is 0.320. The fourth-order valence-electron chi connectivity index (χ4n) is 2.98. The zero-order valence-electron chi connectivity index (χ0n) is 11.0. The second-order valence-electron chi connectivity index (χ2n) is 5.01. The maximum atomic E-state index is 13.9. The number of rotatable bonds is 5. The van der Waals surface area contributed by atoms with Crippen LogP contribution in [0, 0.1) is 11.7 Å². The van der Waals surface area contributed by atoms with Crippen molar-refractivity contribution in [2.75, 3.05) is 13.2 Å². The molecule has 100 valence electrons. The van der Waals surface area contributed by atoms with Crippen molar-refractivity contribution in [2.45, 2.75) is 38.5 Å². The molecule has 1 fully saturated rings. The summed E-state index contributed by atoms with van der Waals surface area (Å²) in [6.07, 6.45) is 4.99. The SMILES string of the molecule is CCOc1ccc(C(CN)C2CCCC2)cc1F. The normalized spacial score (nSPS) is 17.9. The number of benzene rings is 1. The van der Waals surface area contributed by atoms with E-state index in [0.29, 0.717) is 24.8 Å². The van der Waals surface area contributed by atoms with Gasteiger partial charge in [-0.15, -0.1) is 0 Å². The van der Waals surface area contributed by atoms with Crippen LogP contribution in [0.25, 0.3) is 0 Å². The molecule has 1 aliphatic rings. The van der Waals surface area contributed by atoms with E-state index in [0.717, 1.165) is 5.56 Å². The molecule has 2 rings (SSSR count). The van der Waals surface area contributed by atoms with Gasteiger partial charge in [0.15, 0.2) is 11.6 Å². The second kappa shape index (κ2) is 6.19. The zero-order chi connectivity index (χ0) is 13.0. The third kappa shape index (κ3) is 2.83. The first-order chi connectivity index (χ1) is 8.76. The smallest absolute Gasteiger partial charge is 0.165 e. The quantitative estimate of drug-likeness (QED) is 0.869. The van der Waals surface area contributed by atoms with E-state index in [9.17, 15) is 4.39 Å². The summed E-state index contributed by atoms with van der Waals surface area (Å²) < 4.78 is 19.1.